The van der Waals surface area contributed by atoms with Gasteiger partial charge in [-0.3, -0.25) is 0 Å². The molecule has 4 heteroatoms. The van der Waals surface area contributed by atoms with Gasteiger partial charge >= 0.3 is 0 Å². The molecule has 2 aromatic rings. The largest absolute Gasteiger partial charge is 0.490 e. The van der Waals surface area contributed by atoms with E-state index in [0.717, 1.165) is 16.9 Å². The van der Waals surface area contributed by atoms with Gasteiger partial charge in [0.1, 0.15) is 30.8 Å². The van der Waals surface area contributed by atoms with Crippen LogP contribution in [0.4, 0.5) is 5.69 Å². The Hall–Kier alpha value is -2.20. The monoisotopic (exact) mass is 287 g/mol. The Balaban J connectivity index is 1.84. The number of benzene rings is 2. The van der Waals surface area contributed by atoms with Crippen LogP contribution in [0.2, 0.25) is 0 Å². The van der Waals surface area contributed by atoms with Gasteiger partial charge in [-0.25, -0.2) is 0 Å². The number of nitrogens with two attached hydrogens (primary N) is 1. The lowest BCUT2D eigenvalue weighted by Crippen LogP contribution is -2.25. The van der Waals surface area contributed by atoms with E-state index in [2.05, 4.69) is 0 Å². The van der Waals surface area contributed by atoms with Crippen LogP contribution in [0.15, 0.2) is 42.5 Å². The fourth-order valence-corrected chi connectivity index (χ4v) is 1.91. The minimum atomic E-state index is -0.718. The van der Waals surface area contributed by atoms with Crippen molar-refractivity contribution in [2.45, 2.75) is 20.0 Å². The van der Waals surface area contributed by atoms with Crippen LogP contribution in [0.25, 0.3) is 0 Å². The Kier molecular flexibility index (Phi) is 5.06. The van der Waals surface area contributed by atoms with E-state index in [0.29, 0.717) is 11.4 Å². The quantitative estimate of drug-likeness (QED) is 0.802. The highest BCUT2D eigenvalue weighted by molar-refractivity contribution is 5.51. The lowest BCUT2D eigenvalue weighted by molar-refractivity contribution is 0.0626. The summed E-state index contributed by atoms with van der Waals surface area (Å²) in [4.78, 5) is 0. The Morgan fingerprint density at radius 1 is 0.952 bits per heavy atom. The molecule has 0 bridgehead atoms. The average Bonchev–Trinajstić information content (AvgIpc) is 2.48. The Morgan fingerprint density at radius 2 is 1.57 bits per heavy atom. The predicted molar refractivity (Wildman–Crippen MR) is 83.8 cm³/mol. The fourth-order valence-electron chi connectivity index (χ4n) is 1.91. The number of aryl methyl sites for hydroxylation is 1. The summed E-state index contributed by atoms with van der Waals surface area (Å²) in [7, 11) is 0. The van der Waals surface area contributed by atoms with E-state index in [1.54, 1.807) is 12.1 Å². The molecule has 0 spiro atoms. The molecule has 1 unspecified atom stereocenters. The molecule has 0 aromatic heterocycles. The number of hydrogen-bond acceptors (Lipinski definition) is 4. The molecule has 0 saturated carbocycles. The summed E-state index contributed by atoms with van der Waals surface area (Å²) in [5.74, 6) is 1.36. The van der Waals surface area contributed by atoms with Crippen molar-refractivity contribution in [1.82, 2.24) is 0 Å². The zero-order valence-corrected chi connectivity index (χ0v) is 12.4. The van der Waals surface area contributed by atoms with Crippen molar-refractivity contribution in [2.24, 2.45) is 0 Å². The molecule has 0 heterocycles. The molecular formula is C17H21NO3. The maximum absolute atomic E-state index is 9.93. The van der Waals surface area contributed by atoms with Crippen molar-refractivity contribution in [1.29, 1.82) is 0 Å². The van der Waals surface area contributed by atoms with Crippen molar-refractivity contribution in [3.63, 3.8) is 0 Å². The molecule has 0 amide bonds. The third-order valence-electron chi connectivity index (χ3n) is 3.34. The third kappa shape index (κ3) is 4.13. The van der Waals surface area contributed by atoms with E-state index in [1.165, 1.54) is 0 Å². The molecule has 1 atom stereocenters. The summed E-state index contributed by atoms with van der Waals surface area (Å²) >= 11 is 0. The zero-order valence-electron chi connectivity index (χ0n) is 12.4. The van der Waals surface area contributed by atoms with Gasteiger partial charge in [0.2, 0.25) is 0 Å². The summed E-state index contributed by atoms with van der Waals surface area (Å²) in [6, 6.07) is 13.1. The Labute approximate surface area is 125 Å². The molecule has 0 aliphatic carbocycles. The molecule has 2 aromatic carbocycles. The second-order valence-corrected chi connectivity index (χ2v) is 5.01. The molecule has 0 aliphatic heterocycles. The maximum atomic E-state index is 9.93. The topological polar surface area (TPSA) is 64.7 Å². The van der Waals surface area contributed by atoms with Crippen LogP contribution in [0.5, 0.6) is 11.5 Å². The van der Waals surface area contributed by atoms with Gasteiger partial charge in [-0.1, -0.05) is 24.3 Å². The number of aliphatic hydroxyl groups excluding tert-OH is 1. The number of rotatable bonds is 6. The highest BCUT2D eigenvalue weighted by atomic mass is 16.5. The molecule has 4 nitrogen and oxygen atoms in total. The molecule has 3 N–H and O–H groups in total. The second kappa shape index (κ2) is 6.99. The van der Waals surface area contributed by atoms with Crippen molar-refractivity contribution < 1.29 is 14.6 Å². The predicted octanol–water partition coefficient (Wildman–Crippen LogP) is 2.70. The van der Waals surface area contributed by atoms with Gasteiger partial charge in [-0.05, 0) is 43.2 Å². The van der Waals surface area contributed by atoms with Gasteiger partial charge in [0.25, 0.3) is 0 Å². The van der Waals surface area contributed by atoms with Gasteiger partial charge < -0.3 is 20.3 Å². The number of para-hydroxylation sites is 2. The number of hydrogen-bond donors (Lipinski definition) is 2. The van der Waals surface area contributed by atoms with E-state index < -0.39 is 6.10 Å². The van der Waals surface area contributed by atoms with Crippen LogP contribution < -0.4 is 15.2 Å². The van der Waals surface area contributed by atoms with Crippen molar-refractivity contribution in [3.05, 3.63) is 53.6 Å². The lowest BCUT2D eigenvalue weighted by atomic mass is 10.1. The first kappa shape index (κ1) is 15.2. The first-order valence-corrected chi connectivity index (χ1v) is 6.92. The average molecular weight is 287 g/mol. The summed E-state index contributed by atoms with van der Waals surface area (Å²) in [6.07, 6.45) is -0.718. The molecule has 0 saturated heterocycles. The van der Waals surface area contributed by atoms with Crippen LogP contribution in [0, 0.1) is 13.8 Å². The van der Waals surface area contributed by atoms with Crippen LogP contribution in [0.1, 0.15) is 11.1 Å². The minimum absolute atomic E-state index is 0.138. The summed E-state index contributed by atoms with van der Waals surface area (Å²) in [5.41, 5.74) is 8.57. The highest BCUT2D eigenvalue weighted by Gasteiger charge is 2.09. The van der Waals surface area contributed by atoms with Gasteiger partial charge in [0.05, 0.1) is 5.69 Å². The third-order valence-corrected chi connectivity index (χ3v) is 3.34. The summed E-state index contributed by atoms with van der Waals surface area (Å²) in [5, 5.41) is 9.93. The number of anilines is 1. The Bertz CT molecular complexity index is 598. The molecule has 0 fully saturated rings. The molecule has 21 heavy (non-hydrogen) atoms. The van der Waals surface area contributed by atoms with E-state index in [9.17, 15) is 5.11 Å². The van der Waals surface area contributed by atoms with Gasteiger partial charge in [0, 0.05) is 0 Å². The van der Waals surface area contributed by atoms with E-state index in [1.807, 2.05) is 44.2 Å². The van der Waals surface area contributed by atoms with Crippen LogP contribution in [0.3, 0.4) is 0 Å². The highest BCUT2D eigenvalue weighted by Crippen LogP contribution is 2.21. The molecule has 112 valence electrons. The van der Waals surface area contributed by atoms with Crippen LogP contribution >= 0.6 is 0 Å². The first-order chi connectivity index (χ1) is 10.1. The van der Waals surface area contributed by atoms with Gasteiger partial charge in [0.15, 0.2) is 0 Å². The van der Waals surface area contributed by atoms with Crippen molar-refractivity contribution in [3.8, 4) is 11.5 Å². The molecule has 0 radical (unpaired) electrons. The normalized spacial score (nSPS) is 12.0. The summed E-state index contributed by atoms with van der Waals surface area (Å²) < 4.78 is 11.1. The maximum Gasteiger partial charge on any atom is 0.142 e. The molecular weight excluding hydrogens is 266 g/mol. The first-order valence-electron chi connectivity index (χ1n) is 6.92. The van der Waals surface area contributed by atoms with E-state index in [4.69, 9.17) is 15.2 Å². The lowest BCUT2D eigenvalue weighted by Gasteiger charge is -2.16. The fraction of sp³-hybridized carbons (Fsp3) is 0.294. The standard InChI is InChI=1S/C17H21NO3/c1-12-6-5-9-16(13(12)2)20-10-14(19)11-21-17-8-4-3-7-15(17)18/h3-9,14,19H,10-11,18H2,1-2H3. The number of nitrogen functional groups attached to an aromatic ring is 1. The molecule has 0 aliphatic rings. The second-order valence-electron chi connectivity index (χ2n) is 5.01. The van der Waals surface area contributed by atoms with Crippen molar-refractivity contribution in [2.75, 3.05) is 18.9 Å². The van der Waals surface area contributed by atoms with Crippen LogP contribution in [-0.2, 0) is 0 Å². The zero-order chi connectivity index (χ0) is 15.2. The summed E-state index contributed by atoms with van der Waals surface area (Å²) in [6.45, 7) is 4.34. The molecule has 2 rings (SSSR count). The van der Waals surface area contributed by atoms with Gasteiger partial charge in [-0.2, -0.15) is 0 Å². The van der Waals surface area contributed by atoms with E-state index >= 15 is 0 Å². The minimum Gasteiger partial charge on any atom is -0.490 e. The van der Waals surface area contributed by atoms with E-state index in [-0.39, 0.29) is 13.2 Å². The number of aliphatic hydroxyl groups is 1. The SMILES string of the molecule is Cc1cccc(OCC(O)COc2ccccc2N)c1C. The smallest absolute Gasteiger partial charge is 0.142 e. The van der Waals surface area contributed by atoms with Gasteiger partial charge in [-0.15, -0.1) is 0 Å². The Morgan fingerprint density at radius 3 is 2.29 bits per heavy atom. The van der Waals surface area contributed by atoms with Crippen molar-refractivity contribution >= 4 is 5.69 Å². The van der Waals surface area contributed by atoms with Crippen LogP contribution in [-0.4, -0.2) is 24.4 Å². The number of ether oxygens (including phenoxy) is 2.